The fourth-order valence-corrected chi connectivity index (χ4v) is 1.90. The molecule has 1 aromatic carbocycles. The molecule has 0 fully saturated rings. The van der Waals surface area contributed by atoms with E-state index in [1.165, 1.54) is 0 Å². The Morgan fingerprint density at radius 1 is 1.21 bits per heavy atom. The van der Waals surface area contributed by atoms with Crippen LogP contribution in [0.4, 0.5) is 5.82 Å². The molecule has 0 aliphatic heterocycles. The third kappa shape index (κ3) is 2.00. The van der Waals surface area contributed by atoms with E-state index in [0.717, 1.165) is 16.9 Å². The highest BCUT2D eigenvalue weighted by Crippen LogP contribution is 2.21. The van der Waals surface area contributed by atoms with Gasteiger partial charge in [-0.05, 0) is 24.3 Å². The van der Waals surface area contributed by atoms with Gasteiger partial charge in [0, 0.05) is 12.6 Å². The molecular weight excluding hydrogens is 238 g/mol. The molecule has 5 heteroatoms. The quantitative estimate of drug-likeness (QED) is 0.731. The van der Waals surface area contributed by atoms with Crippen molar-refractivity contribution in [3.8, 4) is 17.5 Å². The molecule has 0 aliphatic carbocycles. The van der Waals surface area contributed by atoms with Crippen molar-refractivity contribution in [2.45, 2.75) is 0 Å². The summed E-state index contributed by atoms with van der Waals surface area (Å²) < 4.78 is 0. The molecule has 5 nitrogen and oxygen atoms in total. The molecule has 92 valence electrons. The van der Waals surface area contributed by atoms with Crippen LogP contribution in [0.3, 0.4) is 0 Å². The number of imidazole rings is 1. The summed E-state index contributed by atoms with van der Waals surface area (Å²) >= 11 is 0. The number of pyridine rings is 1. The first kappa shape index (κ1) is 11.2. The van der Waals surface area contributed by atoms with Gasteiger partial charge in [0.1, 0.15) is 11.6 Å². The largest absolute Gasteiger partial charge is 0.373 e. The van der Waals surface area contributed by atoms with Crippen molar-refractivity contribution in [3.05, 3.63) is 42.0 Å². The number of anilines is 1. The van der Waals surface area contributed by atoms with Crippen molar-refractivity contribution in [2.24, 2.45) is 0 Å². The number of fused-ring (bicyclic) bond motifs is 1. The molecule has 0 unspecified atom stereocenters. The van der Waals surface area contributed by atoms with Crippen molar-refractivity contribution in [1.29, 1.82) is 5.26 Å². The molecule has 0 radical (unpaired) electrons. The summed E-state index contributed by atoms with van der Waals surface area (Å²) in [4.78, 5) is 12.0. The van der Waals surface area contributed by atoms with Crippen molar-refractivity contribution in [3.63, 3.8) is 0 Å². The summed E-state index contributed by atoms with van der Waals surface area (Å²) in [6, 6.07) is 13.3. The predicted octanol–water partition coefficient (Wildman–Crippen LogP) is 2.54. The first-order valence-corrected chi connectivity index (χ1v) is 5.85. The second-order valence-corrected chi connectivity index (χ2v) is 4.10. The highest BCUT2D eigenvalue weighted by molar-refractivity contribution is 5.77. The number of hydrogen-bond acceptors (Lipinski definition) is 4. The Morgan fingerprint density at radius 2 is 2.11 bits per heavy atom. The Labute approximate surface area is 109 Å². The van der Waals surface area contributed by atoms with Gasteiger partial charge >= 0.3 is 0 Å². The van der Waals surface area contributed by atoms with Crippen LogP contribution in [0.25, 0.3) is 22.6 Å². The fourth-order valence-electron chi connectivity index (χ4n) is 1.90. The molecule has 0 spiro atoms. The van der Waals surface area contributed by atoms with Crippen LogP contribution in [0.2, 0.25) is 0 Å². The monoisotopic (exact) mass is 249 g/mol. The lowest BCUT2D eigenvalue weighted by atomic mass is 10.1. The average molecular weight is 249 g/mol. The zero-order valence-corrected chi connectivity index (χ0v) is 10.3. The van der Waals surface area contributed by atoms with Gasteiger partial charge in [-0.1, -0.05) is 12.1 Å². The zero-order chi connectivity index (χ0) is 13.2. The topological polar surface area (TPSA) is 77.4 Å². The molecular formula is C14H11N5. The molecule has 0 atom stereocenters. The third-order valence-corrected chi connectivity index (χ3v) is 2.87. The zero-order valence-electron chi connectivity index (χ0n) is 10.3. The predicted molar refractivity (Wildman–Crippen MR) is 73.6 cm³/mol. The lowest BCUT2D eigenvalue weighted by molar-refractivity contribution is 1.28. The van der Waals surface area contributed by atoms with Crippen molar-refractivity contribution in [1.82, 2.24) is 15.0 Å². The number of aromatic nitrogens is 3. The summed E-state index contributed by atoms with van der Waals surface area (Å²) in [5.41, 5.74) is 3.02. The van der Waals surface area contributed by atoms with E-state index in [4.69, 9.17) is 5.26 Å². The maximum atomic E-state index is 8.92. The summed E-state index contributed by atoms with van der Waals surface area (Å²) in [7, 11) is 1.82. The van der Waals surface area contributed by atoms with E-state index in [1.54, 1.807) is 12.1 Å². The Hall–Kier alpha value is -2.87. The van der Waals surface area contributed by atoms with E-state index < -0.39 is 0 Å². The van der Waals surface area contributed by atoms with Gasteiger partial charge in [0.2, 0.25) is 0 Å². The van der Waals surface area contributed by atoms with Crippen LogP contribution in [0.1, 0.15) is 5.56 Å². The molecule has 3 rings (SSSR count). The van der Waals surface area contributed by atoms with Crippen molar-refractivity contribution in [2.75, 3.05) is 12.4 Å². The van der Waals surface area contributed by atoms with E-state index in [0.29, 0.717) is 17.0 Å². The number of H-pyrrole nitrogens is 1. The van der Waals surface area contributed by atoms with Gasteiger partial charge in [-0.15, -0.1) is 0 Å². The maximum absolute atomic E-state index is 8.92. The Kier molecular flexibility index (Phi) is 2.62. The molecule has 0 aliphatic rings. The van der Waals surface area contributed by atoms with E-state index in [2.05, 4.69) is 26.3 Å². The molecule has 19 heavy (non-hydrogen) atoms. The highest BCUT2D eigenvalue weighted by atomic mass is 15.0. The minimum absolute atomic E-state index is 0.613. The van der Waals surface area contributed by atoms with Crippen LogP contribution in [0.15, 0.2) is 36.4 Å². The molecule has 3 aromatic rings. The van der Waals surface area contributed by atoms with Crippen molar-refractivity contribution >= 4 is 17.0 Å². The van der Waals surface area contributed by atoms with Gasteiger partial charge in [0.15, 0.2) is 5.65 Å². The number of nitriles is 1. The average Bonchev–Trinajstić information content (AvgIpc) is 2.90. The first-order valence-electron chi connectivity index (χ1n) is 5.85. The molecule has 0 saturated carbocycles. The molecule has 2 N–H and O–H groups in total. The van der Waals surface area contributed by atoms with Gasteiger partial charge in [0.25, 0.3) is 0 Å². The molecule has 0 bridgehead atoms. The highest BCUT2D eigenvalue weighted by Gasteiger charge is 2.07. The number of aromatic amines is 1. The van der Waals surface area contributed by atoms with Crippen LogP contribution in [0, 0.1) is 11.3 Å². The molecule has 2 aromatic heterocycles. The van der Waals surface area contributed by atoms with Crippen LogP contribution >= 0.6 is 0 Å². The smallest absolute Gasteiger partial charge is 0.180 e. The van der Waals surface area contributed by atoms with Crippen LogP contribution in [-0.4, -0.2) is 22.0 Å². The Bertz CT molecular complexity index is 782. The van der Waals surface area contributed by atoms with E-state index >= 15 is 0 Å². The normalized spacial score (nSPS) is 10.3. The summed E-state index contributed by atoms with van der Waals surface area (Å²) in [5, 5.41) is 11.9. The van der Waals surface area contributed by atoms with Gasteiger partial charge in [-0.2, -0.15) is 5.26 Å². The second-order valence-electron chi connectivity index (χ2n) is 4.10. The van der Waals surface area contributed by atoms with E-state index in [-0.39, 0.29) is 0 Å². The van der Waals surface area contributed by atoms with Crippen molar-refractivity contribution < 1.29 is 0 Å². The Balaban J connectivity index is 2.12. The van der Waals surface area contributed by atoms with E-state index in [9.17, 15) is 0 Å². The van der Waals surface area contributed by atoms with Gasteiger partial charge in [-0.25, -0.2) is 9.97 Å². The molecule has 0 amide bonds. The summed E-state index contributed by atoms with van der Waals surface area (Å²) in [5.74, 6) is 1.49. The van der Waals surface area contributed by atoms with Gasteiger partial charge in [0.05, 0.1) is 17.1 Å². The number of benzene rings is 1. The molecule has 0 saturated heterocycles. The van der Waals surface area contributed by atoms with Gasteiger partial charge in [-0.3, -0.25) is 0 Å². The van der Waals surface area contributed by atoms with Gasteiger partial charge < -0.3 is 10.3 Å². The fraction of sp³-hybridized carbons (Fsp3) is 0.0714. The number of nitrogens with zero attached hydrogens (tertiary/aromatic N) is 3. The lowest BCUT2D eigenvalue weighted by Crippen LogP contribution is -1.91. The lowest BCUT2D eigenvalue weighted by Gasteiger charge is -1.95. The summed E-state index contributed by atoms with van der Waals surface area (Å²) in [6.45, 7) is 0. The minimum atomic E-state index is 0.613. The minimum Gasteiger partial charge on any atom is -0.373 e. The van der Waals surface area contributed by atoms with E-state index in [1.807, 2.05) is 31.3 Å². The number of nitrogens with one attached hydrogen (secondary N) is 2. The second kappa shape index (κ2) is 4.42. The summed E-state index contributed by atoms with van der Waals surface area (Å²) in [6.07, 6.45) is 0. The number of rotatable bonds is 2. The number of hydrogen-bond donors (Lipinski definition) is 2. The SMILES string of the molecule is CNc1ccc2[nH]c(-c3cccc(C#N)c3)nc2n1. The van der Waals surface area contributed by atoms with Crippen LogP contribution in [0.5, 0.6) is 0 Å². The molecule has 2 heterocycles. The first-order chi connectivity index (χ1) is 9.30. The third-order valence-electron chi connectivity index (χ3n) is 2.87. The maximum Gasteiger partial charge on any atom is 0.180 e. The van der Waals surface area contributed by atoms with Crippen LogP contribution < -0.4 is 5.32 Å². The van der Waals surface area contributed by atoms with Crippen LogP contribution in [-0.2, 0) is 0 Å². The Morgan fingerprint density at radius 3 is 2.89 bits per heavy atom. The standard InChI is InChI=1S/C14H11N5/c1-16-12-6-5-11-14(18-12)19-13(17-11)10-4-2-3-9(7-10)8-15/h2-7H,1H3,(H2,16,17,18,19).